The van der Waals surface area contributed by atoms with Gasteiger partial charge in [0.15, 0.2) is 17.2 Å². The van der Waals surface area contributed by atoms with Crippen LogP contribution in [0.25, 0.3) is 27.9 Å². The first kappa shape index (κ1) is 25.1. The molecule has 11 heteroatoms. The Morgan fingerprint density at radius 1 is 0.900 bits per heavy atom. The van der Waals surface area contributed by atoms with Crippen LogP contribution in [0.3, 0.4) is 0 Å². The normalized spacial score (nSPS) is 12.1. The third-order valence-electron chi connectivity index (χ3n) is 6.43. The van der Waals surface area contributed by atoms with Crippen molar-refractivity contribution in [1.82, 2.24) is 14.6 Å². The third kappa shape index (κ3) is 4.31. The van der Waals surface area contributed by atoms with Crippen molar-refractivity contribution in [2.75, 3.05) is 5.73 Å². The molecule has 2 N–H and O–H groups in total. The van der Waals surface area contributed by atoms with Crippen molar-refractivity contribution in [3.8, 4) is 11.3 Å². The summed E-state index contributed by atoms with van der Waals surface area (Å²) in [6.45, 7) is 3.82. The van der Waals surface area contributed by atoms with Gasteiger partial charge in [-0.2, -0.15) is 5.11 Å². The van der Waals surface area contributed by atoms with E-state index in [-0.39, 0.29) is 38.2 Å². The van der Waals surface area contributed by atoms with Crippen LogP contribution < -0.4 is 11.4 Å². The van der Waals surface area contributed by atoms with Crippen LogP contribution in [-0.4, -0.2) is 23.0 Å². The number of sulfone groups is 1. The van der Waals surface area contributed by atoms with Crippen LogP contribution in [0.15, 0.2) is 114 Å². The fraction of sp³-hybridized carbons (Fsp3) is 0.0690. The van der Waals surface area contributed by atoms with Gasteiger partial charge in [-0.25, -0.2) is 22.7 Å². The summed E-state index contributed by atoms with van der Waals surface area (Å²) in [6.07, 6.45) is 1.18. The van der Waals surface area contributed by atoms with Gasteiger partial charge in [-0.15, -0.1) is 10.2 Å². The van der Waals surface area contributed by atoms with E-state index in [0.29, 0.717) is 16.7 Å². The Balaban J connectivity index is 1.64. The molecule has 0 fully saturated rings. The van der Waals surface area contributed by atoms with Crippen molar-refractivity contribution in [2.45, 2.75) is 23.6 Å². The van der Waals surface area contributed by atoms with Crippen molar-refractivity contribution in [1.29, 1.82) is 0 Å². The Hall–Kier alpha value is -5.16. The predicted octanol–water partition coefficient (Wildman–Crippen LogP) is 5.95. The maximum atomic E-state index is 13.9. The highest BCUT2D eigenvalue weighted by molar-refractivity contribution is 7.91. The van der Waals surface area contributed by atoms with Crippen molar-refractivity contribution < 1.29 is 12.8 Å². The first-order valence-corrected chi connectivity index (χ1v) is 13.7. The lowest BCUT2D eigenvalue weighted by atomic mass is 10.1. The van der Waals surface area contributed by atoms with Crippen LogP contribution in [0.2, 0.25) is 0 Å². The van der Waals surface area contributed by atoms with Gasteiger partial charge in [-0.3, -0.25) is 0 Å². The molecule has 3 heterocycles. The van der Waals surface area contributed by atoms with E-state index in [0.717, 1.165) is 11.1 Å². The predicted molar refractivity (Wildman–Crippen MR) is 151 cm³/mol. The Bertz CT molecular complexity index is 2110. The van der Waals surface area contributed by atoms with Crippen molar-refractivity contribution in [3.05, 3.63) is 107 Å². The first-order valence-electron chi connectivity index (χ1n) is 12.2. The van der Waals surface area contributed by atoms with Gasteiger partial charge in [-0.05, 0) is 50.2 Å². The Morgan fingerprint density at radius 3 is 2.30 bits per heavy atom. The average molecular weight is 551 g/mol. The number of anilines is 1. The molecule has 10 nitrogen and oxygen atoms in total. The molecule has 0 aliphatic heterocycles. The van der Waals surface area contributed by atoms with Crippen LogP contribution in [-0.2, 0) is 9.84 Å². The van der Waals surface area contributed by atoms with E-state index in [2.05, 4.69) is 20.3 Å². The largest absolute Gasteiger partial charge is 0.422 e. The van der Waals surface area contributed by atoms with E-state index in [1.807, 2.05) is 26.0 Å². The number of nitrogens with two attached hydrogens (primary N) is 1. The molecule has 0 spiro atoms. The lowest BCUT2D eigenvalue weighted by molar-refractivity contribution is 0.562. The Morgan fingerprint density at radius 2 is 1.57 bits per heavy atom. The second-order valence-electron chi connectivity index (χ2n) is 9.28. The number of para-hydroxylation sites is 1. The smallest absolute Gasteiger partial charge is 0.345 e. The second kappa shape index (κ2) is 9.54. The van der Waals surface area contributed by atoms with Gasteiger partial charge in [0.2, 0.25) is 9.84 Å². The zero-order valence-corrected chi connectivity index (χ0v) is 22.3. The zero-order chi connectivity index (χ0) is 28.0. The number of hydrogen-bond acceptors (Lipinski definition) is 9. The molecule has 6 aromatic rings. The average Bonchev–Trinajstić information content (AvgIpc) is 3.27. The van der Waals surface area contributed by atoms with E-state index in [1.165, 1.54) is 22.8 Å². The van der Waals surface area contributed by atoms with Crippen LogP contribution in [0.5, 0.6) is 0 Å². The summed E-state index contributed by atoms with van der Waals surface area (Å²) in [7, 11) is -4.16. The number of nitrogens with zero attached hydrogens (tertiary/aromatic N) is 5. The first-order chi connectivity index (χ1) is 19.2. The quantitative estimate of drug-likeness (QED) is 0.206. The van der Waals surface area contributed by atoms with E-state index in [9.17, 15) is 13.2 Å². The summed E-state index contributed by atoms with van der Waals surface area (Å²) >= 11 is 0. The summed E-state index contributed by atoms with van der Waals surface area (Å²) in [4.78, 5) is 17.4. The number of hydrogen-bond donors (Lipinski definition) is 1. The van der Waals surface area contributed by atoms with Crippen LogP contribution in [0.1, 0.15) is 11.1 Å². The summed E-state index contributed by atoms with van der Waals surface area (Å²) in [5.41, 5.74) is 8.56. The summed E-state index contributed by atoms with van der Waals surface area (Å²) in [6, 6.07) is 22.3. The molecular weight excluding hydrogens is 528 g/mol. The molecule has 0 aliphatic carbocycles. The van der Waals surface area contributed by atoms with E-state index >= 15 is 0 Å². The lowest BCUT2D eigenvalue weighted by Crippen LogP contribution is -2.13. The minimum Gasteiger partial charge on any atom is -0.422 e. The number of azo groups is 1. The molecule has 0 aliphatic rings. The molecule has 0 saturated carbocycles. The van der Waals surface area contributed by atoms with Crippen molar-refractivity contribution in [2.24, 2.45) is 10.2 Å². The number of fused-ring (bicyclic) bond motifs is 2. The summed E-state index contributed by atoms with van der Waals surface area (Å²) in [5.74, 6) is -0.0420. The second-order valence-corrected chi connectivity index (χ2v) is 11.2. The Labute approximate surface area is 228 Å². The van der Waals surface area contributed by atoms with Crippen LogP contribution in [0.4, 0.5) is 17.2 Å². The van der Waals surface area contributed by atoms with Gasteiger partial charge in [0, 0.05) is 5.39 Å². The minimum absolute atomic E-state index is 0.0266. The SMILES string of the molecule is Cc1ccc(N=Nc2c(N)nn3c(-c4cc5ccccc5oc4=O)c(S(=O)(=O)c4ccc(C)cc4)cnc23)cc1. The van der Waals surface area contributed by atoms with Gasteiger partial charge in [0.25, 0.3) is 0 Å². The molecule has 0 atom stereocenters. The lowest BCUT2D eigenvalue weighted by Gasteiger charge is -2.12. The number of aryl methyl sites for hydroxylation is 2. The van der Waals surface area contributed by atoms with Crippen molar-refractivity contribution in [3.63, 3.8) is 0 Å². The van der Waals surface area contributed by atoms with Gasteiger partial charge >= 0.3 is 5.63 Å². The molecule has 0 radical (unpaired) electrons. The monoisotopic (exact) mass is 550 g/mol. The molecule has 3 aromatic heterocycles. The fourth-order valence-corrected chi connectivity index (χ4v) is 5.70. The molecule has 0 bridgehead atoms. The summed E-state index contributed by atoms with van der Waals surface area (Å²) < 4.78 is 34.6. The maximum Gasteiger partial charge on any atom is 0.345 e. The molecule has 0 unspecified atom stereocenters. The van der Waals surface area contributed by atoms with E-state index in [4.69, 9.17) is 10.2 Å². The van der Waals surface area contributed by atoms with Crippen LogP contribution >= 0.6 is 0 Å². The van der Waals surface area contributed by atoms with Gasteiger partial charge in [-0.1, -0.05) is 53.6 Å². The highest BCUT2D eigenvalue weighted by atomic mass is 32.2. The number of aromatic nitrogens is 3. The minimum atomic E-state index is -4.16. The summed E-state index contributed by atoms with van der Waals surface area (Å²) in [5, 5.41) is 13.5. The van der Waals surface area contributed by atoms with Crippen molar-refractivity contribution >= 4 is 43.6 Å². The standard InChI is InChI=1S/C29H22N6O4S/c1-17-7-11-20(12-8-17)32-33-25-27(30)34-35-26(22-15-19-5-3-4-6-23(19)39-29(22)36)24(16-31-28(25)35)40(37,38)21-13-9-18(2)10-14-21/h3-16H,1-2H3,(H2,30,34). The van der Waals surface area contributed by atoms with E-state index in [1.54, 1.807) is 54.6 Å². The molecule has 3 aromatic carbocycles. The topological polar surface area (TPSA) is 145 Å². The molecule has 198 valence electrons. The third-order valence-corrected chi connectivity index (χ3v) is 8.20. The van der Waals surface area contributed by atoms with E-state index < -0.39 is 15.5 Å². The molecule has 0 saturated heterocycles. The van der Waals surface area contributed by atoms with Crippen LogP contribution in [0, 0.1) is 13.8 Å². The molecular formula is C29H22N6O4S. The molecule has 6 rings (SSSR count). The highest BCUT2D eigenvalue weighted by Gasteiger charge is 2.29. The number of benzene rings is 3. The number of rotatable bonds is 5. The maximum absolute atomic E-state index is 13.9. The Kier molecular flexibility index (Phi) is 6.00. The fourth-order valence-electron chi connectivity index (χ4n) is 4.30. The molecule has 40 heavy (non-hydrogen) atoms. The zero-order valence-electron chi connectivity index (χ0n) is 21.4. The van der Waals surface area contributed by atoms with Gasteiger partial charge in [0.05, 0.1) is 22.3 Å². The van der Waals surface area contributed by atoms with Gasteiger partial charge in [0.1, 0.15) is 16.2 Å². The number of nitrogen functional groups attached to an aromatic ring is 1. The molecule has 0 amide bonds. The highest BCUT2D eigenvalue weighted by Crippen LogP contribution is 2.36. The van der Waals surface area contributed by atoms with Gasteiger partial charge < -0.3 is 10.2 Å².